The Hall–Kier alpha value is -2.07. The lowest BCUT2D eigenvalue weighted by molar-refractivity contribution is -0.140. The fraction of sp³-hybridized carbons (Fsp3) is 0.263. The van der Waals surface area contributed by atoms with Crippen LogP contribution in [0.25, 0.3) is 11.1 Å². The number of rotatable bonds is 6. The molecule has 2 aromatic carbocycles. The Balaban J connectivity index is 2.25. The molecule has 0 aliphatic carbocycles. The summed E-state index contributed by atoms with van der Waals surface area (Å²) >= 11 is 1.19. The van der Waals surface area contributed by atoms with E-state index in [4.69, 9.17) is 0 Å². The van der Waals surface area contributed by atoms with E-state index in [1.165, 1.54) is 11.8 Å². The molecule has 120 valence electrons. The van der Waals surface area contributed by atoms with E-state index in [1.54, 1.807) is 32.2 Å². The van der Waals surface area contributed by atoms with E-state index >= 15 is 0 Å². The molecule has 2 rings (SSSR count). The van der Waals surface area contributed by atoms with Gasteiger partial charge in [-0.3, -0.25) is 9.59 Å². The van der Waals surface area contributed by atoms with E-state index < -0.39 is 16.6 Å². The zero-order chi connectivity index (χ0) is 17.0. The standard InChI is InChI=1S/C19H20O3S/c1-13(19(2,23-3)18(21)22)17(20)16-11-9-15(10-12-16)14-7-5-4-6-8-14/h4-13H,1-3H3,(H,21,22). The first-order valence-corrected chi connectivity index (χ1v) is 8.61. The Morgan fingerprint density at radius 3 is 2.00 bits per heavy atom. The molecule has 23 heavy (non-hydrogen) atoms. The Bertz CT molecular complexity index is 694. The number of thioether (sulfide) groups is 1. The molecular formula is C19H20O3S. The van der Waals surface area contributed by atoms with Crippen molar-refractivity contribution in [2.75, 3.05) is 6.26 Å². The summed E-state index contributed by atoms with van der Waals surface area (Å²) in [6, 6.07) is 17.2. The van der Waals surface area contributed by atoms with Crippen LogP contribution in [0.4, 0.5) is 0 Å². The van der Waals surface area contributed by atoms with Crippen molar-refractivity contribution in [3.63, 3.8) is 0 Å². The van der Waals surface area contributed by atoms with Gasteiger partial charge in [-0.15, -0.1) is 11.8 Å². The zero-order valence-electron chi connectivity index (χ0n) is 13.4. The quantitative estimate of drug-likeness (QED) is 0.800. The van der Waals surface area contributed by atoms with E-state index in [9.17, 15) is 14.7 Å². The summed E-state index contributed by atoms with van der Waals surface area (Å²) in [5, 5.41) is 9.42. The smallest absolute Gasteiger partial charge is 0.320 e. The molecule has 3 nitrogen and oxygen atoms in total. The molecule has 0 aromatic heterocycles. The molecule has 2 atom stereocenters. The van der Waals surface area contributed by atoms with E-state index in [0.29, 0.717) is 5.56 Å². The van der Waals surface area contributed by atoms with Crippen molar-refractivity contribution >= 4 is 23.5 Å². The molecule has 0 amide bonds. The molecule has 0 saturated heterocycles. The maximum Gasteiger partial charge on any atom is 0.320 e. The van der Waals surface area contributed by atoms with Gasteiger partial charge < -0.3 is 5.11 Å². The minimum atomic E-state index is -1.13. The van der Waals surface area contributed by atoms with Gasteiger partial charge in [0.05, 0.1) is 0 Å². The van der Waals surface area contributed by atoms with Gasteiger partial charge in [0.25, 0.3) is 0 Å². The third-order valence-corrected chi connectivity index (χ3v) is 5.72. The fourth-order valence-corrected chi connectivity index (χ4v) is 3.04. The number of hydrogen-bond donors (Lipinski definition) is 1. The first-order valence-electron chi connectivity index (χ1n) is 7.38. The minimum absolute atomic E-state index is 0.149. The Labute approximate surface area is 140 Å². The number of benzene rings is 2. The molecule has 4 heteroatoms. The predicted molar refractivity (Wildman–Crippen MR) is 94.9 cm³/mol. The van der Waals surface area contributed by atoms with Gasteiger partial charge in [-0.1, -0.05) is 61.5 Å². The number of carbonyl (C=O) groups is 2. The minimum Gasteiger partial charge on any atom is -0.480 e. The van der Waals surface area contributed by atoms with E-state index in [1.807, 2.05) is 42.5 Å². The summed E-state index contributed by atoms with van der Waals surface area (Å²) in [6.45, 7) is 3.28. The van der Waals surface area contributed by atoms with E-state index in [0.717, 1.165) is 11.1 Å². The van der Waals surface area contributed by atoms with Crippen LogP contribution >= 0.6 is 11.8 Å². The van der Waals surface area contributed by atoms with Gasteiger partial charge in [-0.05, 0) is 24.3 Å². The second-order valence-corrected chi connectivity index (χ2v) is 6.90. The van der Waals surface area contributed by atoms with Crippen molar-refractivity contribution < 1.29 is 14.7 Å². The number of carbonyl (C=O) groups excluding carboxylic acids is 1. The molecule has 0 heterocycles. The number of carboxylic acid groups (broad SMARTS) is 1. The molecule has 1 N–H and O–H groups in total. The van der Waals surface area contributed by atoms with E-state index in [-0.39, 0.29) is 5.78 Å². The van der Waals surface area contributed by atoms with E-state index in [2.05, 4.69) is 0 Å². The van der Waals surface area contributed by atoms with Gasteiger partial charge in [-0.25, -0.2) is 0 Å². The van der Waals surface area contributed by atoms with Gasteiger partial charge in [0.15, 0.2) is 5.78 Å². The maximum atomic E-state index is 12.6. The largest absolute Gasteiger partial charge is 0.480 e. The summed E-state index contributed by atoms with van der Waals surface area (Å²) in [5.41, 5.74) is 2.65. The normalized spacial score (nSPS) is 14.7. The number of hydrogen-bond acceptors (Lipinski definition) is 3. The molecule has 0 bridgehead atoms. The zero-order valence-corrected chi connectivity index (χ0v) is 14.3. The number of ketones is 1. The summed E-state index contributed by atoms with van der Waals surface area (Å²) in [7, 11) is 0. The third-order valence-electron chi connectivity index (χ3n) is 4.34. The second kappa shape index (κ2) is 7.01. The highest BCUT2D eigenvalue weighted by atomic mass is 32.2. The average molecular weight is 328 g/mol. The molecule has 0 aliphatic rings. The fourth-order valence-electron chi connectivity index (χ4n) is 2.41. The van der Waals surface area contributed by atoms with Crippen LogP contribution in [0, 0.1) is 5.92 Å². The number of carboxylic acids is 1. The molecule has 0 aliphatic heterocycles. The van der Waals surface area contributed by atoms with Gasteiger partial charge in [0.2, 0.25) is 0 Å². The lowest BCUT2D eigenvalue weighted by atomic mass is 9.87. The SMILES string of the molecule is CSC(C)(C(=O)O)C(C)C(=O)c1ccc(-c2ccccc2)cc1. The average Bonchev–Trinajstić information content (AvgIpc) is 2.60. The number of Topliss-reactive ketones (excluding diaryl/α,β-unsaturated/α-hetero) is 1. The topological polar surface area (TPSA) is 54.4 Å². The lowest BCUT2D eigenvalue weighted by Gasteiger charge is -2.28. The van der Waals surface area contributed by atoms with Crippen LogP contribution in [0.5, 0.6) is 0 Å². The van der Waals surface area contributed by atoms with Gasteiger partial charge in [-0.2, -0.15) is 0 Å². The Morgan fingerprint density at radius 2 is 1.52 bits per heavy atom. The molecule has 0 spiro atoms. The predicted octanol–water partition coefficient (Wildman–Crippen LogP) is 4.38. The van der Waals surface area contributed by atoms with Gasteiger partial charge in [0, 0.05) is 11.5 Å². The highest BCUT2D eigenvalue weighted by molar-refractivity contribution is 8.00. The van der Waals surface area contributed by atoms with Gasteiger partial charge >= 0.3 is 5.97 Å². The van der Waals surface area contributed by atoms with Crippen LogP contribution < -0.4 is 0 Å². The Kier molecular flexibility index (Phi) is 5.26. The second-order valence-electron chi connectivity index (χ2n) is 5.65. The maximum absolute atomic E-state index is 12.6. The van der Waals surface area contributed by atoms with Crippen molar-refractivity contribution in [1.29, 1.82) is 0 Å². The highest BCUT2D eigenvalue weighted by Gasteiger charge is 2.42. The van der Waals surface area contributed by atoms with Crippen molar-refractivity contribution in [2.45, 2.75) is 18.6 Å². The summed E-state index contributed by atoms with van der Waals surface area (Å²) in [5.74, 6) is -1.73. The van der Waals surface area contributed by atoms with Crippen molar-refractivity contribution in [2.24, 2.45) is 5.92 Å². The first-order chi connectivity index (χ1) is 10.9. The van der Waals surface area contributed by atoms with Crippen LogP contribution in [0.1, 0.15) is 24.2 Å². The molecular weight excluding hydrogens is 308 g/mol. The molecule has 0 fully saturated rings. The summed E-state index contributed by atoms with van der Waals surface area (Å²) < 4.78 is -1.13. The molecule has 2 aromatic rings. The Morgan fingerprint density at radius 1 is 1.00 bits per heavy atom. The van der Waals surface area contributed by atoms with Crippen LogP contribution in [0.2, 0.25) is 0 Å². The lowest BCUT2D eigenvalue weighted by Crippen LogP contribution is -2.42. The van der Waals surface area contributed by atoms with Crippen LogP contribution in [0.3, 0.4) is 0 Å². The van der Waals surface area contributed by atoms with Crippen LogP contribution in [0.15, 0.2) is 54.6 Å². The van der Waals surface area contributed by atoms with Crippen molar-refractivity contribution in [3.05, 3.63) is 60.2 Å². The summed E-state index contributed by atoms with van der Waals surface area (Å²) in [4.78, 5) is 24.1. The first kappa shape index (κ1) is 17.3. The van der Waals surface area contributed by atoms with Crippen molar-refractivity contribution in [3.8, 4) is 11.1 Å². The van der Waals surface area contributed by atoms with Crippen LogP contribution in [-0.2, 0) is 4.79 Å². The van der Waals surface area contributed by atoms with Gasteiger partial charge in [0.1, 0.15) is 4.75 Å². The third kappa shape index (κ3) is 3.48. The molecule has 0 radical (unpaired) electrons. The van der Waals surface area contributed by atoms with Crippen molar-refractivity contribution in [1.82, 2.24) is 0 Å². The van der Waals surface area contributed by atoms with Crippen LogP contribution in [-0.4, -0.2) is 27.9 Å². The molecule has 0 saturated carbocycles. The highest BCUT2D eigenvalue weighted by Crippen LogP contribution is 2.34. The molecule has 2 unspecified atom stereocenters. The monoisotopic (exact) mass is 328 g/mol. The summed E-state index contributed by atoms with van der Waals surface area (Å²) in [6.07, 6.45) is 1.72. The number of aliphatic carboxylic acids is 1.